The fourth-order valence-corrected chi connectivity index (χ4v) is 4.02. The molecule has 1 N–H and O–H groups in total. The van der Waals surface area contributed by atoms with E-state index < -0.39 is 5.92 Å². The zero-order valence-corrected chi connectivity index (χ0v) is 16.4. The maximum absolute atomic E-state index is 14.6. The molecule has 5 heteroatoms. The summed E-state index contributed by atoms with van der Waals surface area (Å²) in [5.74, 6) is -0.640. The third kappa shape index (κ3) is 4.47. The van der Waals surface area contributed by atoms with E-state index in [-0.39, 0.29) is 23.6 Å². The van der Waals surface area contributed by atoms with Crippen molar-refractivity contribution in [3.05, 3.63) is 59.5 Å². The Labute approximate surface area is 161 Å². The summed E-state index contributed by atoms with van der Waals surface area (Å²) in [7, 11) is 5.49. The van der Waals surface area contributed by atoms with E-state index in [4.69, 9.17) is 4.74 Å². The molecule has 0 aromatic carbocycles. The Morgan fingerprint density at radius 1 is 1.37 bits per heavy atom. The molecule has 0 aromatic heterocycles. The SMILES string of the molecule is C=CC1=CC=C(CNCC2=CC3CC3C(C(=O)OC)C=C2F)CC1N(C)C. The predicted octanol–water partition coefficient (Wildman–Crippen LogP) is 3.17. The highest BCUT2D eigenvalue weighted by Gasteiger charge is 2.46. The number of hydrogen-bond acceptors (Lipinski definition) is 4. The van der Waals surface area contributed by atoms with Crippen molar-refractivity contribution in [2.75, 3.05) is 34.3 Å². The third-order valence-corrected chi connectivity index (χ3v) is 5.75. The van der Waals surface area contributed by atoms with E-state index in [1.807, 2.05) is 12.2 Å². The van der Waals surface area contributed by atoms with Crippen molar-refractivity contribution in [2.45, 2.75) is 18.9 Å². The Morgan fingerprint density at radius 2 is 2.15 bits per heavy atom. The molecule has 1 fully saturated rings. The predicted molar refractivity (Wildman–Crippen MR) is 106 cm³/mol. The number of likely N-dealkylation sites (N-methyl/N-ethyl adjacent to an activating group) is 1. The molecule has 27 heavy (non-hydrogen) atoms. The molecule has 0 aliphatic heterocycles. The van der Waals surface area contributed by atoms with Crippen LogP contribution in [-0.4, -0.2) is 51.2 Å². The number of methoxy groups -OCH3 is 1. The van der Waals surface area contributed by atoms with E-state index in [1.54, 1.807) is 0 Å². The van der Waals surface area contributed by atoms with Crippen LogP contribution in [0, 0.1) is 17.8 Å². The zero-order valence-electron chi connectivity index (χ0n) is 16.4. The average Bonchev–Trinajstić information content (AvgIpc) is 3.43. The molecule has 0 aromatic rings. The molecule has 3 aliphatic rings. The second kappa shape index (κ2) is 8.36. The minimum atomic E-state index is -0.460. The largest absolute Gasteiger partial charge is 0.469 e. The van der Waals surface area contributed by atoms with Crippen LogP contribution >= 0.6 is 0 Å². The first kappa shape index (κ1) is 19.8. The topological polar surface area (TPSA) is 41.6 Å². The molecule has 0 radical (unpaired) electrons. The van der Waals surface area contributed by atoms with Gasteiger partial charge in [0.25, 0.3) is 0 Å². The fraction of sp³-hybridized carbons (Fsp3) is 0.500. The maximum atomic E-state index is 14.6. The third-order valence-electron chi connectivity index (χ3n) is 5.75. The molecule has 1 saturated carbocycles. The first-order valence-electron chi connectivity index (χ1n) is 9.50. The number of allylic oxidation sites excluding steroid dienone is 3. The van der Waals surface area contributed by atoms with Gasteiger partial charge < -0.3 is 15.0 Å². The van der Waals surface area contributed by atoms with Crippen molar-refractivity contribution >= 4 is 5.97 Å². The number of nitrogens with one attached hydrogen (secondary N) is 1. The lowest BCUT2D eigenvalue weighted by Crippen LogP contribution is -2.33. The molecule has 3 aliphatic carbocycles. The number of carbonyl (C=O) groups is 1. The number of ether oxygens (including phenoxy) is 1. The van der Waals surface area contributed by atoms with Gasteiger partial charge in [0, 0.05) is 19.1 Å². The van der Waals surface area contributed by atoms with E-state index in [1.165, 1.54) is 24.3 Å². The molecule has 0 saturated heterocycles. The molecule has 0 spiro atoms. The van der Waals surface area contributed by atoms with Crippen LogP contribution in [0.5, 0.6) is 0 Å². The Balaban J connectivity index is 1.59. The van der Waals surface area contributed by atoms with Gasteiger partial charge in [-0.1, -0.05) is 36.5 Å². The van der Waals surface area contributed by atoms with E-state index in [2.05, 4.69) is 43.0 Å². The van der Waals surface area contributed by atoms with Gasteiger partial charge in [-0.05, 0) is 56.0 Å². The van der Waals surface area contributed by atoms with E-state index in [0.717, 1.165) is 12.8 Å². The van der Waals surface area contributed by atoms with E-state index in [9.17, 15) is 9.18 Å². The lowest BCUT2D eigenvalue weighted by molar-refractivity contribution is -0.144. The highest BCUT2D eigenvalue weighted by Crippen LogP contribution is 2.49. The monoisotopic (exact) mass is 372 g/mol. The standard InChI is InChI=1S/C22H29FN2O2/c1-5-15-7-6-14(8-21(15)25(2)3)12-24-13-17-9-16-10-18(16)19(11-20(17)23)22(26)27-4/h5-7,9,11,16,18-19,21,24H,1,8,10,12-13H2,2-4H3. The van der Waals surface area contributed by atoms with Crippen molar-refractivity contribution < 1.29 is 13.9 Å². The normalized spacial score (nSPS) is 29.7. The molecule has 4 unspecified atom stereocenters. The van der Waals surface area contributed by atoms with Crippen molar-refractivity contribution in [3.63, 3.8) is 0 Å². The fourth-order valence-electron chi connectivity index (χ4n) is 4.02. The van der Waals surface area contributed by atoms with Gasteiger partial charge in [-0.15, -0.1) is 0 Å². The lowest BCUT2D eigenvalue weighted by Gasteiger charge is -2.29. The van der Waals surface area contributed by atoms with Crippen molar-refractivity contribution in [2.24, 2.45) is 17.8 Å². The summed E-state index contributed by atoms with van der Waals surface area (Å²) in [6, 6.07) is 0.325. The minimum absolute atomic E-state index is 0.185. The number of esters is 1. The molecule has 0 amide bonds. The molecular weight excluding hydrogens is 343 g/mol. The summed E-state index contributed by atoms with van der Waals surface area (Å²) in [5.41, 5.74) is 3.16. The van der Waals surface area contributed by atoms with Gasteiger partial charge in [0.1, 0.15) is 5.83 Å². The molecule has 3 rings (SSSR count). The molecule has 4 nitrogen and oxygen atoms in total. The summed E-state index contributed by atoms with van der Waals surface area (Å²) in [4.78, 5) is 14.1. The minimum Gasteiger partial charge on any atom is -0.469 e. The second-order valence-corrected chi connectivity index (χ2v) is 7.80. The zero-order chi connectivity index (χ0) is 19.6. The van der Waals surface area contributed by atoms with Gasteiger partial charge >= 0.3 is 5.97 Å². The number of fused-ring (bicyclic) bond motifs is 1. The summed E-state index contributed by atoms with van der Waals surface area (Å²) >= 11 is 0. The molecule has 0 bridgehead atoms. The first-order valence-corrected chi connectivity index (χ1v) is 9.50. The maximum Gasteiger partial charge on any atom is 0.312 e. The van der Waals surface area contributed by atoms with Gasteiger partial charge in [-0.2, -0.15) is 0 Å². The van der Waals surface area contributed by atoms with Crippen LogP contribution in [0.2, 0.25) is 0 Å². The van der Waals surface area contributed by atoms with Crippen molar-refractivity contribution in [1.82, 2.24) is 10.2 Å². The Kier molecular flexibility index (Phi) is 6.12. The molecule has 146 valence electrons. The van der Waals surface area contributed by atoms with Gasteiger partial charge in [0.2, 0.25) is 0 Å². The first-order chi connectivity index (χ1) is 12.9. The Morgan fingerprint density at radius 3 is 2.81 bits per heavy atom. The number of hydrogen-bond donors (Lipinski definition) is 1. The van der Waals surface area contributed by atoms with Crippen LogP contribution in [0.3, 0.4) is 0 Å². The van der Waals surface area contributed by atoms with Crippen LogP contribution < -0.4 is 5.32 Å². The summed E-state index contributed by atoms with van der Waals surface area (Å²) in [6.07, 6.45) is 11.4. The van der Waals surface area contributed by atoms with Gasteiger partial charge in [-0.25, -0.2) is 4.39 Å². The van der Waals surface area contributed by atoms with Gasteiger partial charge in [-0.3, -0.25) is 4.79 Å². The van der Waals surface area contributed by atoms with Crippen LogP contribution in [0.15, 0.2) is 59.5 Å². The number of nitrogens with zero attached hydrogens (tertiary/aromatic N) is 1. The molecule has 4 atom stereocenters. The van der Waals surface area contributed by atoms with Crippen LogP contribution in [0.4, 0.5) is 4.39 Å². The quantitative estimate of drug-likeness (QED) is 0.697. The summed E-state index contributed by atoms with van der Waals surface area (Å²) in [5, 5.41) is 3.37. The molecule has 0 heterocycles. The number of rotatable bonds is 7. The number of carbonyl (C=O) groups excluding carboxylic acids is 1. The Hall–Kier alpha value is -1.98. The van der Waals surface area contributed by atoms with Crippen LogP contribution in [-0.2, 0) is 9.53 Å². The van der Waals surface area contributed by atoms with Gasteiger partial charge in [0.15, 0.2) is 0 Å². The second-order valence-electron chi connectivity index (χ2n) is 7.80. The lowest BCUT2D eigenvalue weighted by atomic mass is 9.92. The van der Waals surface area contributed by atoms with Crippen molar-refractivity contribution in [3.8, 4) is 0 Å². The summed E-state index contributed by atoms with van der Waals surface area (Å²) < 4.78 is 19.4. The Bertz CT molecular complexity index is 733. The molecular formula is C22H29FN2O2. The highest BCUT2D eigenvalue weighted by atomic mass is 19.1. The van der Waals surface area contributed by atoms with E-state index in [0.29, 0.717) is 24.7 Å². The van der Waals surface area contributed by atoms with E-state index >= 15 is 0 Å². The van der Waals surface area contributed by atoms with Crippen LogP contribution in [0.1, 0.15) is 12.8 Å². The van der Waals surface area contributed by atoms with Gasteiger partial charge in [0.05, 0.1) is 13.0 Å². The van der Waals surface area contributed by atoms with Crippen molar-refractivity contribution in [1.29, 1.82) is 0 Å². The average molecular weight is 372 g/mol. The highest BCUT2D eigenvalue weighted by molar-refractivity contribution is 5.76. The van der Waals surface area contributed by atoms with Crippen LogP contribution in [0.25, 0.3) is 0 Å². The smallest absolute Gasteiger partial charge is 0.312 e. The summed E-state index contributed by atoms with van der Waals surface area (Å²) in [6.45, 7) is 5.06. The number of halogens is 1.